The molecule has 112 valence electrons. The topological polar surface area (TPSA) is 29.9 Å². The molecule has 21 heavy (non-hydrogen) atoms. The van der Waals surface area contributed by atoms with Gasteiger partial charge >= 0.3 is 0 Å². The first-order valence-electron chi connectivity index (χ1n) is 7.81. The summed E-state index contributed by atoms with van der Waals surface area (Å²) in [5.74, 6) is 1.68. The van der Waals surface area contributed by atoms with Gasteiger partial charge in [0.2, 0.25) is 0 Å². The molecule has 0 spiro atoms. The second-order valence-corrected chi connectivity index (χ2v) is 6.59. The predicted octanol–water partition coefficient (Wildman–Crippen LogP) is 3.83. The van der Waals surface area contributed by atoms with Gasteiger partial charge in [0.15, 0.2) is 0 Å². The highest BCUT2D eigenvalue weighted by Gasteiger charge is 2.31. The summed E-state index contributed by atoms with van der Waals surface area (Å²) < 4.78 is 2.06. The first kappa shape index (κ1) is 14.7. The Morgan fingerprint density at radius 1 is 1.38 bits per heavy atom. The van der Waals surface area contributed by atoms with Crippen LogP contribution in [0.1, 0.15) is 43.4 Å². The van der Waals surface area contributed by atoms with Crippen molar-refractivity contribution in [3.05, 3.63) is 47.8 Å². The minimum Gasteiger partial charge on any atom is -0.310 e. The largest absolute Gasteiger partial charge is 0.310 e. The Balaban J connectivity index is 1.88. The van der Waals surface area contributed by atoms with E-state index in [0.29, 0.717) is 12.0 Å². The molecule has 2 unspecified atom stereocenters. The summed E-state index contributed by atoms with van der Waals surface area (Å²) in [5, 5.41) is 8.18. The number of aromatic nitrogens is 2. The predicted molar refractivity (Wildman–Crippen MR) is 88.8 cm³/mol. The smallest absolute Gasteiger partial charge is 0.0537 e. The third-order valence-corrected chi connectivity index (χ3v) is 5.24. The molecule has 1 aliphatic heterocycles. The molecule has 1 aromatic heterocycles. The fourth-order valence-corrected chi connectivity index (χ4v) is 4.36. The summed E-state index contributed by atoms with van der Waals surface area (Å²) in [4.78, 5) is 1.44. The van der Waals surface area contributed by atoms with Crippen LogP contribution in [-0.4, -0.2) is 22.1 Å². The van der Waals surface area contributed by atoms with E-state index in [2.05, 4.69) is 59.4 Å². The molecule has 1 N–H and O–H groups in total. The maximum atomic E-state index is 4.51. The van der Waals surface area contributed by atoms with Crippen molar-refractivity contribution in [1.29, 1.82) is 0 Å². The van der Waals surface area contributed by atoms with E-state index >= 15 is 0 Å². The fraction of sp³-hybridized carbons (Fsp3) is 0.471. The highest BCUT2D eigenvalue weighted by Crippen LogP contribution is 2.45. The average Bonchev–Trinajstić information content (AvgIpc) is 3.12. The van der Waals surface area contributed by atoms with Crippen molar-refractivity contribution in [3.63, 3.8) is 0 Å². The van der Waals surface area contributed by atoms with Crippen LogP contribution >= 0.6 is 11.8 Å². The second kappa shape index (κ2) is 6.67. The van der Waals surface area contributed by atoms with Gasteiger partial charge in [-0.2, -0.15) is 5.10 Å². The lowest BCUT2D eigenvalue weighted by atomic mass is 9.90. The molecular formula is C17H23N3S. The zero-order chi connectivity index (χ0) is 14.7. The fourth-order valence-electron chi connectivity index (χ4n) is 3.07. The molecule has 0 fully saturated rings. The van der Waals surface area contributed by atoms with Crippen LogP contribution < -0.4 is 5.32 Å². The molecule has 0 aliphatic carbocycles. The lowest BCUT2D eigenvalue weighted by Crippen LogP contribution is -2.27. The monoisotopic (exact) mass is 301 g/mol. The maximum absolute atomic E-state index is 4.51. The summed E-state index contributed by atoms with van der Waals surface area (Å²) in [6.07, 6.45) is 5.37. The van der Waals surface area contributed by atoms with Gasteiger partial charge in [0, 0.05) is 40.9 Å². The number of hydrogen-bond donors (Lipinski definition) is 1. The molecule has 2 atom stereocenters. The van der Waals surface area contributed by atoms with Gasteiger partial charge in [0.05, 0.1) is 6.20 Å². The molecule has 0 radical (unpaired) electrons. The Morgan fingerprint density at radius 3 is 3.05 bits per heavy atom. The van der Waals surface area contributed by atoms with E-state index in [-0.39, 0.29) is 0 Å². The normalized spacial score (nSPS) is 18.7. The summed E-state index contributed by atoms with van der Waals surface area (Å²) >= 11 is 1.97. The molecule has 0 amide bonds. The van der Waals surface area contributed by atoms with Crippen LogP contribution in [0.5, 0.6) is 0 Å². The zero-order valence-corrected chi connectivity index (χ0v) is 13.6. The first-order valence-corrected chi connectivity index (χ1v) is 8.79. The minimum absolute atomic E-state index is 0.358. The highest BCUT2D eigenvalue weighted by atomic mass is 32.2. The van der Waals surface area contributed by atoms with Crippen LogP contribution in [0.25, 0.3) is 0 Å². The second-order valence-electron chi connectivity index (χ2n) is 5.53. The maximum Gasteiger partial charge on any atom is 0.0537 e. The van der Waals surface area contributed by atoms with Gasteiger partial charge in [-0.05, 0) is 24.6 Å². The number of thioether (sulfide) groups is 1. The molecule has 1 aliphatic rings. The lowest BCUT2D eigenvalue weighted by molar-refractivity contribution is 0.484. The molecule has 1 aromatic carbocycles. The van der Waals surface area contributed by atoms with E-state index in [1.807, 2.05) is 18.0 Å². The van der Waals surface area contributed by atoms with Crippen LogP contribution in [0.3, 0.4) is 0 Å². The Hall–Kier alpha value is -1.26. The summed E-state index contributed by atoms with van der Waals surface area (Å²) in [5.41, 5.74) is 2.80. The van der Waals surface area contributed by atoms with E-state index < -0.39 is 0 Å². The summed E-state index contributed by atoms with van der Waals surface area (Å²) in [7, 11) is 0. The first-order chi connectivity index (χ1) is 10.3. The van der Waals surface area contributed by atoms with E-state index in [1.54, 1.807) is 0 Å². The van der Waals surface area contributed by atoms with E-state index in [1.165, 1.54) is 16.0 Å². The third kappa shape index (κ3) is 3.01. The van der Waals surface area contributed by atoms with Crippen molar-refractivity contribution in [1.82, 2.24) is 15.1 Å². The van der Waals surface area contributed by atoms with Gasteiger partial charge in [-0.1, -0.05) is 32.0 Å². The van der Waals surface area contributed by atoms with Crippen molar-refractivity contribution in [2.75, 3.05) is 12.3 Å². The average molecular weight is 301 g/mol. The Morgan fingerprint density at radius 2 is 2.24 bits per heavy atom. The van der Waals surface area contributed by atoms with Crippen molar-refractivity contribution in [2.24, 2.45) is 0 Å². The lowest BCUT2D eigenvalue weighted by Gasteiger charge is -2.23. The number of likely N-dealkylation sites (N-methyl/N-ethyl adjacent to an activating group) is 1. The van der Waals surface area contributed by atoms with Gasteiger partial charge in [-0.25, -0.2) is 0 Å². The molecule has 2 heterocycles. The van der Waals surface area contributed by atoms with Crippen LogP contribution in [0.4, 0.5) is 0 Å². The Bertz CT molecular complexity index is 593. The zero-order valence-electron chi connectivity index (χ0n) is 12.7. The van der Waals surface area contributed by atoms with Crippen LogP contribution in [0.15, 0.2) is 41.6 Å². The number of rotatable bonds is 6. The van der Waals surface area contributed by atoms with Gasteiger partial charge in [0.25, 0.3) is 0 Å². The van der Waals surface area contributed by atoms with Gasteiger partial charge in [0.1, 0.15) is 0 Å². The van der Waals surface area contributed by atoms with Gasteiger partial charge in [-0.15, -0.1) is 11.8 Å². The standard InChI is InChI=1S/C17H23N3S/c1-3-9-20-11-13(10-19-20)17(18-4-2)15-12-21-16-8-6-5-7-14(15)16/h5-8,10-11,15,17-18H,3-4,9,12H2,1-2H3. The number of nitrogens with zero attached hydrogens (tertiary/aromatic N) is 2. The number of benzene rings is 1. The van der Waals surface area contributed by atoms with Gasteiger partial charge in [-0.3, -0.25) is 4.68 Å². The number of hydrogen-bond acceptors (Lipinski definition) is 3. The van der Waals surface area contributed by atoms with Crippen molar-refractivity contribution >= 4 is 11.8 Å². The molecule has 2 aromatic rings. The SMILES string of the molecule is CCCn1cc(C(NCC)C2CSc3ccccc32)cn1. The Labute approximate surface area is 131 Å². The quantitative estimate of drug-likeness (QED) is 0.879. The Kier molecular flexibility index (Phi) is 4.66. The molecule has 0 bridgehead atoms. The molecule has 3 nitrogen and oxygen atoms in total. The highest BCUT2D eigenvalue weighted by molar-refractivity contribution is 7.99. The molecule has 3 rings (SSSR count). The summed E-state index contributed by atoms with van der Waals surface area (Å²) in [6.45, 7) is 6.34. The van der Waals surface area contributed by atoms with Crippen LogP contribution in [-0.2, 0) is 6.54 Å². The molecule has 4 heteroatoms. The molecule has 0 saturated heterocycles. The van der Waals surface area contributed by atoms with E-state index in [4.69, 9.17) is 0 Å². The van der Waals surface area contributed by atoms with Crippen molar-refractivity contribution < 1.29 is 0 Å². The minimum atomic E-state index is 0.358. The number of aryl methyl sites for hydroxylation is 1. The van der Waals surface area contributed by atoms with E-state index in [9.17, 15) is 0 Å². The van der Waals surface area contributed by atoms with Crippen LogP contribution in [0.2, 0.25) is 0 Å². The van der Waals surface area contributed by atoms with Gasteiger partial charge < -0.3 is 5.32 Å². The number of nitrogens with one attached hydrogen (secondary N) is 1. The summed E-state index contributed by atoms with van der Waals surface area (Å²) in [6, 6.07) is 9.16. The van der Waals surface area contributed by atoms with E-state index in [0.717, 1.165) is 25.3 Å². The molecule has 0 saturated carbocycles. The van der Waals surface area contributed by atoms with Crippen molar-refractivity contribution in [2.45, 2.75) is 43.7 Å². The van der Waals surface area contributed by atoms with Crippen molar-refractivity contribution in [3.8, 4) is 0 Å². The third-order valence-electron chi connectivity index (χ3n) is 4.03. The number of fused-ring (bicyclic) bond motifs is 1. The molecular weight excluding hydrogens is 278 g/mol. The van der Waals surface area contributed by atoms with Crippen LogP contribution in [0, 0.1) is 0 Å².